The summed E-state index contributed by atoms with van der Waals surface area (Å²) in [6, 6.07) is 0. The minimum atomic E-state index is -0.0972. The maximum absolute atomic E-state index is 11.4. The van der Waals surface area contributed by atoms with Gasteiger partial charge >= 0.3 is 0 Å². The predicted molar refractivity (Wildman–Crippen MR) is 87.3 cm³/mol. The van der Waals surface area contributed by atoms with Crippen molar-refractivity contribution in [3.63, 3.8) is 0 Å². The summed E-state index contributed by atoms with van der Waals surface area (Å²) in [7, 11) is 1.88. The molecule has 0 heterocycles. The van der Waals surface area contributed by atoms with Crippen LogP contribution in [0.25, 0.3) is 0 Å². The second-order valence-corrected chi connectivity index (χ2v) is 4.74. The van der Waals surface area contributed by atoms with E-state index in [4.69, 9.17) is 14.2 Å². The van der Waals surface area contributed by atoms with Crippen molar-refractivity contribution in [3.05, 3.63) is 0 Å². The molecule has 0 rings (SSSR count). The number of amides is 2. The van der Waals surface area contributed by atoms with Crippen molar-refractivity contribution in [3.8, 4) is 0 Å². The molecular weight excluding hydrogens is 302 g/mol. The Morgan fingerprint density at radius 3 is 1.83 bits per heavy atom. The van der Waals surface area contributed by atoms with E-state index in [-0.39, 0.29) is 18.2 Å². The van der Waals surface area contributed by atoms with Gasteiger partial charge in [-0.1, -0.05) is 6.92 Å². The number of ether oxygens (including phenoxy) is 3. The Labute approximate surface area is 138 Å². The minimum absolute atomic E-state index is 0.0476. The Kier molecular flexibility index (Phi) is 16.2. The first-order valence-corrected chi connectivity index (χ1v) is 8.12. The maximum atomic E-state index is 11.4. The lowest BCUT2D eigenvalue weighted by Crippen LogP contribution is -2.32. The highest BCUT2D eigenvalue weighted by Crippen LogP contribution is 1.83. The topological polar surface area (TPSA) is 97.9 Å². The highest BCUT2D eigenvalue weighted by Gasteiger charge is 2.02. The van der Waals surface area contributed by atoms with Gasteiger partial charge in [0.25, 0.3) is 0 Å². The summed E-state index contributed by atoms with van der Waals surface area (Å²) in [6.07, 6.45) is 0.710. The molecule has 0 aromatic heterocycles. The van der Waals surface area contributed by atoms with Gasteiger partial charge < -0.3 is 30.2 Å². The molecule has 23 heavy (non-hydrogen) atoms. The normalized spacial score (nSPS) is 10.5. The van der Waals surface area contributed by atoms with Crippen molar-refractivity contribution in [1.29, 1.82) is 0 Å². The number of rotatable bonds is 16. The van der Waals surface area contributed by atoms with E-state index < -0.39 is 0 Å². The molecule has 8 nitrogen and oxygen atoms in total. The maximum Gasteiger partial charge on any atom is 0.221 e. The molecule has 0 aromatic carbocycles. The van der Waals surface area contributed by atoms with Crippen molar-refractivity contribution in [2.75, 3.05) is 66.3 Å². The fourth-order valence-corrected chi connectivity index (χ4v) is 1.51. The lowest BCUT2D eigenvalue weighted by Gasteiger charge is -2.08. The predicted octanol–water partition coefficient (Wildman–Crippen LogP) is -0.712. The molecule has 0 bridgehead atoms. The number of likely N-dealkylation sites (N-methyl/N-ethyl adjacent to an activating group) is 1. The molecular formula is C15H31N3O5. The second-order valence-electron chi connectivity index (χ2n) is 4.74. The molecule has 2 amide bonds. The van der Waals surface area contributed by atoms with Crippen LogP contribution in [0.3, 0.4) is 0 Å². The molecule has 0 saturated heterocycles. The zero-order valence-corrected chi connectivity index (χ0v) is 14.3. The van der Waals surface area contributed by atoms with Crippen molar-refractivity contribution in [2.24, 2.45) is 0 Å². The van der Waals surface area contributed by atoms with Gasteiger partial charge in [-0.3, -0.25) is 9.59 Å². The Bertz CT molecular complexity index is 303. The molecule has 0 aliphatic heterocycles. The first-order valence-electron chi connectivity index (χ1n) is 8.12. The summed E-state index contributed by atoms with van der Waals surface area (Å²) in [5, 5.41) is 8.36. The van der Waals surface area contributed by atoms with Crippen LogP contribution in [0.2, 0.25) is 0 Å². The number of hydrogen-bond donors (Lipinski definition) is 3. The SMILES string of the molecule is CCC(=O)NCCC(=O)NCCOCCOCCOCCNC. The summed E-state index contributed by atoms with van der Waals surface area (Å²) < 4.78 is 16.0. The fraction of sp³-hybridized carbons (Fsp3) is 0.867. The molecule has 0 fully saturated rings. The lowest BCUT2D eigenvalue weighted by molar-refractivity contribution is -0.122. The van der Waals surface area contributed by atoms with Crippen LogP contribution < -0.4 is 16.0 Å². The summed E-state index contributed by atoms with van der Waals surface area (Å²) in [5.41, 5.74) is 0. The van der Waals surface area contributed by atoms with E-state index in [0.717, 1.165) is 6.54 Å². The van der Waals surface area contributed by atoms with Gasteiger partial charge in [0.1, 0.15) is 0 Å². The minimum Gasteiger partial charge on any atom is -0.378 e. The van der Waals surface area contributed by atoms with Gasteiger partial charge in [0.2, 0.25) is 11.8 Å². The summed E-state index contributed by atoms with van der Waals surface area (Å²) >= 11 is 0. The Morgan fingerprint density at radius 2 is 1.26 bits per heavy atom. The highest BCUT2D eigenvalue weighted by atomic mass is 16.5. The Balaban J connectivity index is 3.17. The van der Waals surface area contributed by atoms with Gasteiger partial charge in [-0.15, -0.1) is 0 Å². The smallest absolute Gasteiger partial charge is 0.221 e. The molecule has 0 radical (unpaired) electrons. The quantitative estimate of drug-likeness (QED) is 0.323. The Hall–Kier alpha value is -1.22. The van der Waals surface area contributed by atoms with Crippen molar-refractivity contribution in [1.82, 2.24) is 16.0 Å². The molecule has 0 atom stereocenters. The van der Waals surface area contributed by atoms with E-state index in [1.807, 2.05) is 7.05 Å². The van der Waals surface area contributed by atoms with Gasteiger partial charge in [-0.05, 0) is 7.05 Å². The first-order chi connectivity index (χ1) is 11.2. The van der Waals surface area contributed by atoms with Gasteiger partial charge in [-0.2, -0.15) is 0 Å². The standard InChI is InChI=1S/C15H31N3O5/c1-3-14(19)17-5-4-15(20)18-7-9-22-11-13-23-12-10-21-8-6-16-2/h16H,3-13H2,1-2H3,(H,17,19)(H,18,20). The van der Waals surface area contributed by atoms with E-state index in [2.05, 4.69) is 16.0 Å². The van der Waals surface area contributed by atoms with Crippen LogP contribution in [0.15, 0.2) is 0 Å². The molecule has 8 heteroatoms. The molecule has 0 aliphatic rings. The van der Waals surface area contributed by atoms with Crippen LogP contribution in [0.5, 0.6) is 0 Å². The van der Waals surface area contributed by atoms with Crippen LogP contribution >= 0.6 is 0 Å². The molecule has 136 valence electrons. The third kappa shape index (κ3) is 17.0. The van der Waals surface area contributed by atoms with E-state index in [1.165, 1.54) is 0 Å². The van der Waals surface area contributed by atoms with Crippen molar-refractivity contribution >= 4 is 11.8 Å². The van der Waals surface area contributed by atoms with Gasteiger partial charge in [0, 0.05) is 32.5 Å². The largest absolute Gasteiger partial charge is 0.378 e. The van der Waals surface area contributed by atoms with Crippen LogP contribution in [0.1, 0.15) is 19.8 Å². The third-order valence-electron chi connectivity index (χ3n) is 2.80. The molecule has 0 saturated carbocycles. The van der Waals surface area contributed by atoms with Crippen molar-refractivity contribution in [2.45, 2.75) is 19.8 Å². The van der Waals surface area contributed by atoms with Gasteiger partial charge in [0.15, 0.2) is 0 Å². The molecule has 3 N–H and O–H groups in total. The lowest BCUT2D eigenvalue weighted by atomic mass is 10.3. The van der Waals surface area contributed by atoms with Crippen molar-refractivity contribution < 1.29 is 23.8 Å². The second kappa shape index (κ2) is 17.1. The molecule has 0 aliphatic carbocycles. The van der Waals surface area contributed by atoms with Gasteiger partial charge in [0.05, 0.1) is 39.6 Å². The van der Waals surface area contributed by atoms with E-state index in [9.17, 15) is 9.59 Å². The zero-order chi connectivity index (χ0) is 17.2. The van der Waals surface area contributed by atoms with Crippen LogP contribution in [0, 0.1) is 0 Å². The summed E-state index contributed by atoms with van der Waals surface area (Å²) in [4.78, 5) is 22.4. The highest BCUT2D eigenvalue weighted by molar-refractivity contribution is 5.78. The monoisotopic (exact) mass is 333 g/mol. The molecule has 0 aromatic rings. The van der Waals surface area contributed by atoms with Crippen LogP contribution in [-0.4, -0.2) is 78.1 Å². The third-order valence-corrected chi connectivity index (χ3v) is 2.80. The van der Waals surface area contributed by atoms with E-state index in [0.29, 0.717) is 59.2 Å². The molecule has 0 spiro atoms. The number of carbonyl (C=O) groups excluding carboxylic acids is 2. The first kappa shape index (κ1) is 21.8. The van der Waals surface area contributed by atoms with Gasteiger partial charge in [-0.25, -0.2) is 0 Å². The number of hydrogen-bond acceptors (Lipinski definition) is 6. The Morgan fingerprint density at radius 1 is 0.739 bits per heavy atom. The zero-order valence-electron chi connectivity index (χ0n) is 14.3. The summed E-state index contributed by atoms with van der Waals surface area (Å²) in [5.74, 6) is -0.145. The fourth-order valence-electron chi connectivity index (χ4n) is 1.51. The van der Waals surface area contributed by atoms with Crippen LogP contribution in [-0.2, 0) is 23.8 Å². The number of nitrogens with one attached hydrogen (secondary N) is 3. The van der Waals surface area contributed by atoms with E-state index in [1.54, 1.807) is 6.92 Å². The molecule has 0 unspecified atom stereocenters. The van der Waals surface area contributed by atoms with E-state index >= 15 is 0 Å². The average molecular weight is 333 g/mol. The summed E-state index contributed by atoms with van der Waals surface area (Å²) in [6.45, 7) is 6.66. The average Bonchev–Trinajstić information content (AvgIpc) is 2.55. The number of carbonyl (C=O) groups is 2. The van der Waals surface area contributed by atoms with Crippen LogP contribution in [0.4, 0.5) is 0 Å².